The van der Waals surface area contributed by atoms with Crippen LogP contribution in [0.15, 0.2) is 0 Å². The Hall–Kier alpha value is -0.640. The first-order chi connectivity index (χ1) is 5.84. The molecule has 0 unspecified atom stereocenters. The minimum absolute atomic E-state index is 0.600. The molecule has 2 N–H and O–H groups in total. The minimum atomic E-state index is 0.600. The summed E-state index contributed by atoms with van der Waals surface area (Å²) in [5, 5.41) is 9.54. The number of nitrogen functional groups attached to an aromatic ring is 1. The van der Waals surface area contributed by atoms with Crippen LogP contribution >= 0.6 is 11.3 Å². The maximum Gasteiger partial charge on any atom is 0.203 e. The molecule has 0 aromatic carbocycles. The summed E-state index contributed by atoms with van der Waals surface area (Å²) in [6.07, 6.45) is 6.59. The highest BCUT2D eigenvalue weighted by Gasteiger charge is 2.17. The van der Waals surface area contributed by atoms with Gasteiger partial charge in [0, 0.05) is 6.42 Å². The third kappa shape index (κ3) is 1.75. The van der Waals surface area contributed by atoms with Gasteiger partial charge < -0.3 is 5.73 Å². The van der Waals surface area contributed by atoms with Gasteiger partial charge in [-0.05, 0) is 5.92 Å². The maximum atomic E-state index is 5.50. The molecule has 1 aliphatic rings. The molecule has 0 saturated heterocycles. The smallest absolute Gasteiger partial charge is 0.203 e. The van der Waals surface area contributed by atoms with Gasteiger partial charge in [0.1, 0.15) is 5.01 Å². The van der Waals surface area contributed by atoms with E-state index in [1.807, 2.05) is 0 Å². The second kappa shape index (κ2) is 3.39. The number of hydrogen-bond donors (Lipinski definition) is 1. The summed E-state index contributed by atoms with van der Waals surface area (Å²) in [7, 11) is 0. The number of nitrogens with two attached hydrogens (primary N) is 1. The lowest BCUT2D eigenvalue weighted by Crippen LogP contribution is -1.97. The number of nitrogens with zero attached hydrogens (tertiary/aromatic N) is 2. The zero-order valence-electron chi connectivity index (χ0n) is 6.99. The molecule has 1 fully saturated rings. The van der Waals surface area contributed by atoms with Crippen molar-refractivity contribution in [3.05, 3.63) is 5.01 Å². The zero-order chi connectivity index (χ0) is 8.39. The van der Waals surface area contributed by atoms with E-state index in [4.69, 9.17) is 5.73 Å². The van der Waals surface area contributed by atoms with E-state index in [1.54, 1.807) is 0 Å². The Morgan fingerprint density at radius 2 is 2.08 bits per heavy atom. The van der Waals surface area contributed by atoms with Gasteiger partial charge in [-0.3, -0.25) is 0 Å². The fraction of sp³-hybridized carbons (Fsp3) is 0.750. The maximum absolute atomic E-state index is 5.50. The lowest BCUT2D eigenvalue weighted by Gasteiger charge is -2.03. The summed E-state index contributed by atoms with van der Waals surface area (Å²) in [4.78, 5) is 0. The third-order valence-corrected chi connectivity index (χ3v) is 3.20. The monoisotopic (exact) mass is 183 g/mol. The molecule has 1 aromatic rings. The molecule has 12 heavy (non-hydrogen) atoms. The molecule has 0 amide bonds. The van der Waals surface area contributed by atoms with Crippen LogP contribution in [0.5, 0.6) is 0 Å². The summed E-state index contributed by atoms with van der Waals surface area (Å²) >= 11 is 1.53. The fourth-order valence-electron chi connectivity index (χ4n) is 1.81. The molecule has 0 spiro atoms. The molecule has 1 aromatic heterocycles. The summed E-state index contributed by atoms with van der Waals surface area (Å²) in [6.45, 7) is 0. The van der Waals surface area contributed by atoms with E-state index in [0.717, 1.165) is 17.3 Å². The molecule has 66 valence electrons. The highest BCUT2D eigenvalue weighted by molar-refractivity contribution is 7.15. The Bertz CT molecular complexity index is 253. The highest BCUT2D eigenvalue weighted by Crippen LogP contribution is 2.28. The highest BCUT2D eigenvalue weighted by atomic mass is 32.1. The van der Waals surface area contributed by atoms with Gasteiger partial charge in [-0.1, -0.05) is 37.0 Å². The first-order valence-electron chi connectivity index (χ1n) is 4.42. The standard InChI is InChI=1S/C8H13N3S/c9-8-11-10-7(12-8)5-6-3-1-2-4-6/h6H,1-5H2,(H2,9,11). The van der Waals surface area contributed by atoms with E-state index in [1.165, 1.54) is 37.0 Å². The zero-order valence-corrected chi connectivity index (χ0v) is 7.81. The molecule has 3 nitrogen and oxygen atoms in total. The Kier molecular flexibility index (Phi) is 2.26. The van der Waals surface area contributed by atoms with E-state index in [0.29, 0.717) is 5.13 Å². The molecule has 1 heterocycles. The lowest BCUT2D eigenvalue weighted by atomic mass is 10.1. The van der Waals surface area contributed by atoms with Crippen molar-refractivity contribution in [3.8, 4) is 0 Å². The summed E-state index contributed by atoms with van der Waals surface area (Å²) in [5.74, 6) is 0.845. The summed E-state index contributed by atoms with van der Waals surface area (Å²) in [6, 6.07) is 0. The number of rotatable bonds is 2. The average Bonchev–Trinajstić information content (AvgIpc) is 2.63. The summed E-state index contributed by atoms with van der Waals surface area (Å²) in [5.41, 5.74) is 5.50. The van der Waals surface area contributed by atoms with Gasteiger partial charge in [-0.2, -0.15) is 0 Å². The second-order valence-corrected chi connectivity index (χ2v) is 4.48. The molecule has 1 saturated carbocycles. The van der Waals surface area contributed by atoms with Crippen LogP contribution in [0.4, 0.5) is 5.13 Å². The van der Waals surface area contributed by atoms with Crippen molar-refractivity contribution in [3.63, 3.8) is 0 Å². The van der Waals surface area contributed by atoms with Crippen LogP contribution in [-0.2, 0) is 6.42 Å². The van der Waals surface area contributed by atoms with Crippen molar-refractivity contribution < 1.29 is 0 Å². The molecule has 0 atom stereocenters. The molecular weight excluding hydrogens is 170 g/mol. The van der Waals surface area contributed by atoms with Crippen LogP contribution in [0.2, 0.25) is 0 Å². The first kappa shape index (κ1) is 7.98. The van der Waals surface area contributed by atoms with Gasteiger partial charge in [-0.15, -0.1) is 10.2 Å². The van der Waals surface area contributed by atoms with E-state index < -0.39 is 0 Å². The van der Waals surface area contributed by atoms with Gasteiger partial charge in [-0.25, -0.2) is 0 Å². The van der Waals surface area contributed by atoms with Crippen LogP contribution in [-0.4, -0.2) is 10.2 Å². The molecule has 1 aliphatic carbocycles. The van der Waals surface area contributed by atoms with E-state index in [-0.39, 0.29) is 0 Å². The summed E-state index contributed by atoms with van der Waals surface area (Å²) < 4.78 is 0. The SMILES string of the molecule is Nc1nnc(CC2CCCC2)s1. The fourth-order valence-corrected chi connectivity index (χ4v) is 2.53. The number of hydrogen-bond acceptors (Lipinski definition) is 4. The van der Waals surface area contributed by atoms with Gasteiger partial charge in [0.15, 0.2) is 0 Å². The predicted molar refractivity (Wildman–Crippen MR) is 50.0 cm³/mol. The molecule has 4 heteroatoms. The van der Waals surface area contributed by atoms with Crippen molar-refractivity contribution in [1.29, 1.82) is 0 Å². The number of anilines is 1. The normalized spacial score (nSPS) is 18.7. The van der Waals surface area contributed by atoms with Crippen molar-refractivity contribution in [1.82, 2.24) is 10.2 Å². The van der Waals surface area contributed by atoms with Crippen LogP contribution in [0.1, 0.15) is 30.7 Å². The average molecular weight is 183 g/mol. The Balaban J connectivity index is 1.94. The van der Waals surface area contributed by atoms with Gasteiger partial charge in [0.2, 0.25) is 5.13 Å². The molecule has 0 bridgehead atoms. The largest absolute Gasteiger partial charge is 0.374 e. The van der Waals surface area contributed by atoms with Crippen LogP contribution in [0.3, 0.4) is 0 Å². The van der Waals surface area contributed by atoms with Crippen LogP contribution in [0, 0.1) is 5.92 Å². The van der Waals surface area contributed by atoms with Gasteiger partial charge >= 0.3 is 0 Å². The Morgan fingerprint density at radius 1 is 1.33 bits per heavy atom. The van der Waals surface area contributed by atoms with Crippen LogP contribution in [0.25, 0.3) is 0 Å². The van der Waals surface area contributed by atoms with Crippen molar-refractivity contribution >= 4 is 16.5 Å². The molecule has 0 radical (unpaired) electrons. The molecule has 0 aliphatic heterocycles. The Labute approximate surface area is 76.0 Å². The van der Waals surface area contributed by atoms with Gasteiger partial charge in [0.25, 0.3) is 0 Å². The third-order valence-electron chi connectivity index (χ3n) is 2.42. The molecular formula is C8H13N3S. The second-order valence-electron chi connectivity index (χ2n) is 3.39. The first-order valence-corrected chi connectivity index (χ1v) is 5.24. The molecule has 2 rings (SSSR count). The predicted octanol–water partition coefficient (Wildman–Crippen LogP) is 1.85. The van der Waals surface area contributed by atoms with E-state index in [2.05, 4.69) is 10.2 Å². The Morgan fingerprint density at radius 3 is 2.67 bits per heavy atom. The van der Waals surface area contributed by atoms with Gasteiger partial charge in [0.05, 0.1) is 0 Å². The minimum Gasteiger partial charge on any atom is -0.374 e. The van der Waals surface area contributed by atoms with Crippen molar-refractivity contribution in [2.24, 2.45) is 5.92 Å². The van der Waals surface area contributed by atoms with E-state index in [9.17, 15) is 0 Å². The van der Waals surface area contributed by atoms with Crippen molar-refractivity contribution in [2.45, 2.75) is 32.1 Å². The quantitative estimate of drug-likeness (QED) is 0.761. The van der Waals surface area contributed by atoms with Crippen LogP contribution < -0.4 is 5.73 Å². The van der Waals surface area contributed by atoms with Crippen molar-refractivity contribution in [2.75, 3.05) is 5.73 Å². The topological polar surface area (TPSA) is 51.8 Å². The van der Waals surface area contributed by atoms with E-state index >= 15 is 0 Å². The number of aromatic nitrogens is 2. The lowest BCUT2D eigenvalue weighted by molar-refractivity contribution is 0.543.